The minimum absolute atomic E-state index is 0.0345. The van der Waals surface area contributed by atoms with Crippen molar-refractivity contribution in [3.63, 3.8) is 0 Å². The quantitative estimate of drug-likeness (QED) is 0.311. The van der Waals surface area contributed by atoms with Gasteiger partial charge in [0.25, 0.3) is 11.8 Å². The van der Waals surface area contributed by atoms with Gasteiger partial charge in [-0.05, 0) is 48.4 Å². The molecular formula is C30H19F2N7O3S. The minimum atomic E-state index is -1.00. The number of likely N-dealkylation sites (N-methyl/N-ethyl adjacent to an activating group) is 1. The summed E-state index contributed by atoms with van der Waals surface area (Å²) < 4.78 is 36.9. The van der Waals surface area contributed by atoms with Gasteiger partial charge in [-0.3, -0.25) is 14.0 Å². The zero-order valence-corrected chi connectivity index (χ0v) is 23.1. The Kier molecular flexibility index (Phi) is 6.32. The van der Waals surface area contributed by atoms with Crippen LogP contribution < -0.4 is 15.0 Å². The van der Waals surface area contributed by atoms with Gasteiger partial charge < -0.3 is 15.0 Å². The van der Waals surface area contributed by atoms with Crippen LogP contribution in [-0.4, -0.2) is 55.5 Å². The van der Waals surface area contributed by atoms with Crippen LogP contribution >= 0.6 is 11.3 Å². The number of halogens is 2. The maximum Gasteiger partial charge on any atom is 0.272 e. The van der Waals surface area contributed by atoms with E-state index in [1.807, 2.05) is 6.07 Å². The molecule has 1 unspecified atom stereocenters. The number of benzene rings is 2. The van der Waals surface area contributed by atoms with Crippen molar-refractivity contribution in [2.75, 3.05) is 18.6 Å². The van der Waals surface area contributed by atoms with Crippen LogP contribution in [0.4, 0.5) is 14.5 Å². The predicted molar refractivity (Wildman–Crippen MR) is 154 cm³/mol. The Morgan fingerprint density at radius 2 is 2.05 bits per heavy atom. The van der Waals surface area contributed by atoms with Crippen molar-refractivity contribution >= 4 is 39.4 Å². The highest BCUT2D eigenvalue weighted by Crippen LogP contribution is 2.32. The number of carbonyl (C=O) groups excluding carboxylic acids is 2. The fraction of sp³-hybridized carbons (Fsp3) is 0.100. The zero-order valence-electron chi connectivity index (χ0n) is 22.3. The largest absolute Gasteiger partial charge is 0.489 e. The van der Waals surface area contributed by atoms with Gasteiger partial charge in [0.05, 0.1) is 17.6 Å². The Balaban J connectivity index is 1.10. The van der Waals surface area contributed by atoms with Crippen LogP contribution in [0.25, 0.3) is 21.9 Å². The standard InChI is InChI=1S/C30H19F2N7O3S/c1-37-24-11-17(4-7-19-13-33-27-3-2-10-34-39(19)27)5-9-26(24)42-15-23(29(37)41)35-28(40)22-14-38-25(16-43-30(38)36-22)20-8-6-18(31)12-21(20)32/h2-3,5-6,8-14,16,23H,15H2,1H3,(H,35,40). The van der Waals surface area contributed by atoms with Crippen molar-refractivity contribution in [1.82, 2.24) is 29.3 Å². The Bertz CT molecular complexity index is 2140. The lowest BCUT2D eigenvalue weighted by atomic mass is 10.1. The van der Waals surface area contributed by atoms with Crippen LogP contribution in [0.15, 0.2) is 72.5 Å². The number of hydrogen-bond acceptors (Lipinski definition) is 7. The molecule has 212 valence electrons. The van der Waals surface area contributed by atoms with Crippen molar-refractivity contribution < 1.29 is 23.1 Å². The van der Waals surface area contributed by atoms with Gasteiger partial charge in [0.2, 0.25) is 0 Å². The highest BCUT2D eigenvalue weighted by molar-refractivity contribution is 7.15. The van der Waals surface area contributed by atoms with Crippen molar-refractivity contribution in [2.24, 2.45) is 0 Å². The van der Waals surface area contributed by atoms with E-state index in [2.05, 4.69) is 32.2 Å². The predicted octanol–water partition coefficient (Wildman–Crippen LogP) is 3.94. The number of amides is 2. The van der Waals surface area contributed by atoms with Crippen LogP contribution in [0, 0.1) is 23.5 Å². The van der Waals surface area contributed by atoms with Crippen molar-refractivity contribution in [2.45, 2.75) is 6.04 Å². The molecule has 1 aliphatic heterocycles. The topological polar surface area (TPSA) is 106 Å². The summed E-state index contributed by atoms with van der Waals surface area (Å²) in [5, 5.41) is 8.63. The van der Waals surface area contributed by atoms with Gasteiger partial charge in [-0.1, -0.05) is 5.92 Å². The first kappa shape index (κ1) is 26.3. The number of nitrogens with zero attached hydrogens (tertiary/aromatic N) is 6. The fourth-order valence-electron chi connectivity index (χ4n) is 4.75. The van der Waals surface area contributed by atoms with Gasteiger partial charge in [0, 0.05) is 42.0 Å². The summed E-state index contributed by atoms with van der Waals surface area (Å²) >= 11 is 1.20. The number of thiazole rings is 1. The van der Waals surface area contributed by atoms with E-state index in [1.54, 1.807) is 58.0 Å². The Morgan fingerprint density at radius 1 is 1.16 bits per heavy atom. The lowest BCUT2D eigenvalue weighted by Gasteiger charge is -2.20. The average molecular weight is 596 g/mol. The summed E-state index contributed by atoms with van der Waals surface area (Å²) in [6.45, 7) is -0.102. The molecule has 13 heteroatoms. The molecule has 4 aromatic heterocycles. The van der Waals surface area contributed by atoms with E-state index in [-0.39, 0.29) is 17.9 Å². The molecule has 10 nitrogen and oxygen atoms in total. The second kappa shape index (κ2) is 10.3. The van der Waals surface area contributed by atoms with Crippen LogP contribution in [0.1, 0.15) is 21.7 Å². The van der Waals surface area contributed by atoms with Crippen molar-refractivity contribution in [3.8, 4) is 28.8 Å². The lowest BCUT2D eigenvalue weighted by molar-refractivity contribution is -0.120. The Labute approximate surface area is 246 Å². The zero-order chi connectivity index (χ0) is 29.7. The molecule has 6 aromatic rings. The second-order valence-electron chi connectivity index (χ2n) is 9.63. The van der Waals surface area contributed by atoms with Crippen LogP contribution in [0.5, 0.6) is 5.75 Å². The number of aromatic nitrogens is 5. The van der Waals surface area contributed by atoms with Gasteiger partial charge >= 0.3 is 0 Å². The third-order valence-corrected chi connectivity index (χ3v) is 7.76. The van der Waals surface area contributed by atoms with E-state index in [4.69, 9.17) is 4.74 Å². The van der Waals surface area contributed by atoms with Crippen molar-refractivity contribution in [1.29, 1.82) is 0 Å². The maximum atomic E-state index is 14.4. The fourth-order valence-corrected chi connectivity index (χ4v) is 5.62. The molecule has 2 amide bonds. The molecule has 7 rings (SSSR count). The SMILES string of the molecule is CN1C(=O)C(NC(=O)c2cn3c(-c4ccc(F)cc4F)csc3n2)COc2ccc(C#Cc3cnc4cccnn34)cc21. The first-order valence-electron chi connectivity index (χ1n) is 12.9. The lowest BCUT2D eigenvalue weighted by Crippen LogP contribution is -2.49. The monoisotopic (exact) mass is 595 g/mol. The number of fused-ring (bicyclic) bond motifs is 3. The highest BCUT2D eigenvalue weighted by atomic mass is 32.1. The number of carbonyl (C=O) groups is 2. The molecule has 43 heavy (non-hydrogen) atoms. The van der Waals surface area contributed by atoms with Crippen molar-refractivity contribution in [3.05, 3.63) is 101 Å². The van der Waals surface area contributed by atoms with Crippen LogP contribution in [0.2, 0.25) is 0 Å². The number of imidazole rings is 2. The third-order valence-electron chi connectivity index (χ3n) is 6.92. The smallest absolute Gasteiger partial charge is 0.272 e. The summed E-state index contributed by atoms with van der Waals surface area (Å²) in [5.74, 6) is 4.18. The molecule has 2 aromatic carbocycles. The third kappa shape index (κ3) is 4.73. The van der Waals surface area contributed by atoms with E-state index >= 15 is 0 Å². The molecule has 1 atom stereocenters. The summed E-state index contributed by atoms with van der Waals surface area (Å²) in [7, 11) is 1.59. The average Bonchev–Trinajstić information content (AvgIpc) is 3.71. The molecule has 1 aliphatic rings. The Morgan fingerprint density at radius 3 is 2.91 bits per heavy atom. The first-order chi connectivity index (χ1) is 20.9. The molecule has 5 heterocycles. The molecule has 0 aliphatic carbocycles. The van der Waals surface area contributed by atoms with E-state index in [9.17, 15) is 18.4 Å². The number of nitrogens with one attached hydrogen (secondary N) is 1. The molecule has 0 bridgehead atoms. The molecule has 0 fully saturated rings. The number of ether oxygens (including phenoxy) is 1. The Hall–Kier alpha value is -5.61. The normalized spacial score (nSPS) is 14.6. The van der Waals surface area contributed by atoms with Gasteiger partial charge in [0.1, 0.15) is 41.4 Å². The maximum absolute atomic E-state index is 14.4. The highest BCUT2D eigenvalue weighted by Gasteiger charge is 2.31. The van der Waals surface area contributed by atoms with Gasteiger partial charge in [-0.2, -0.15) is 5.10 Å². The van der Waals surface area contributed by atoms with Crippen LogP contribution in [0.3, 0.4) is 0 Å². The van der Waals surface area contributed by atoms with Gasteiger partial charge in [0.15, 0.2) is 10.6 Å². The molecule has 0 saturated heterocycles. The molecule has 1 N–H and O–H groups in total. The summed E-state index contributed by atoms with van der Waals surface area (Å²) in [6, 6.07) is 11.1. The second-order valence-corrected chi connectivity index (χ2v) is 10.5. The number of anilines is 1. The number of hydrogen-bond donors (Lipinski definition) is 1. The van der Waals surface area contributed by atoms with E-state index in [0.29, 0.717) is 39.0 Å². The van der Waals surface area contributed by atoms with Crippen LogP contribution in [-0.2, 0) is 4.79 Å². The molecule has 0 saturated carbocycles. The van der Waals surface area contributed by atoms with Gasteiger partial charge in [-0.15, -0.1) is 11.3 Å². The van der Waals surface area contributed by atoms with E-state index < -0.39 is 29.5 Å². The summed E-state index contributed by atoms with van der Waals surface area (Å²) in [6.07, 6.45) is 4.73. The number of rotatable bonds is 3. The van der Waals surface area contributed by atoms with E-state index in [0.717, 1.165) is 12.1 Å². The molecule has 0 spiro atoms. The molecule has 0 radical (unpaired) electrons. The summed E-state index contributed by atoms with van der Waals surface area (Å²) in [4.78, 5) is 37.0. The molecular weight excluding hydrogens is 576 g/mol. The first-order valence-corrected chi connectivity index (χ1v) is 13.8. The summed E-state index contributed by atoms with van der Waals surface area (Å²) in [5.41, 5.74) is 3.06. The minimum Gasteiger partial charge on any atom is -0.489 e. The van der Waals surface area contributed by atoms with Gasteiger partial charge in [-0.25, -0.2) is 23.3 Å². The van der Waals surface area contributed by atoms with E-state index in [1.165, 1.54) is 28.5 Å².